The van der Waals surface area contributed by atoms with Gasteiger partial charge in [0.15, 0.2) is 5.13 Å². The number of para-hydroxylation sites is 1. The molecule has 0 unspecified atom stereocenters. The average Bonchev–Trinajstić information content (AvgIpc) is 3.11. The van der Waals surface area contributed by atoms with Crippen molar-refractivity contribution >= 4 is 55.6 Å². The third-order valence-electron chi connectivity index (χ3n) is 3.52. The zero-order valence-electron chi connectivity index (χ0n) is 14.0. The Labute approximate surface area is 169 Å². The minimum atomic E-state index is -3.93. The van der Waals surface area contributed by atoms with E-state index in [0.717, 1.165) is 11.3 Å². The van der Waals surface area contributed by atoms with E-state index >= 15 is 0 Å². The van der Waals surface area contributed by atoms with E-state index in [9.17, 15) is 18.0 Å². The highest BCUT2D eigenvalue weighted by atomic mass is 35.5. The third-order valence-corrected chi connectivity index (χ3v) is 5.91. The van der Waals surface area contributed by atoms with Crippen molar-refractivity contribution in [3.05, 3.63) is 70.2 Å². The monoisotopic (exact) mass is 436 g/mol. The van der Waals surface area contributed by atoms with Gasteiger partial charge in [0, 0.05) is 10.4 Å². The van der Waals surface area contributed by atoms with Crippen LogP contribution in [-0.4, -0.2) is 25.2 Å². The van der Waals surface area contributed by atoms with Gasteiger partial charge in [-0.3, -0.25) is 19.6 Å². The van der Waals surface area contributed by atoms with Crippen molar-refractivity contribution in [1.29, 1.82) is 0 Å². The molecule has 3 rings (SSSR count). The van der Waals surface area contributed by atoms with Gasteiger partial charge in [0.2, 0.25) is 0 Å². The smallest absolute Gasteiger partial charge is 0.268 e. The molecular weight excluding hydrogens is 424 g/mol. The van der Waals surface area contributed by atoms with Crippen molar-refractivity contribution in [2.24, 2.45) is 5.73 Å². The summed E-state index contributed by atoms with van der Waals surface area (Å²) in [6.07, 6.45) is 0. The number of nitrogens with two attached hydrogens (primary N) is 1. The van der Waals surface area contributed by atoms with Gasteiger partial charge in [-0.25, -0.2) is 13.4 Å². The number of hydrogen-bond acceptors (Lipinski definition) is 6. The fraction of sp³-hybridized carbons (Fsp3) is 0. The molecule has 0 radical (unpaired) electrons. The molecule has 0 aliphatic heterocycles. The largest absolute Gasteiger partial charge is 0.364 e. The molecule has 0 atom stereocenters. The highest BCUT2D eigenvalue weighted by molar-refractivity contribution is 7.92. The highest BCUT2D eigenvalue weighted by Gasteiger charge is 2.19. The summed E-state index contributed by atoms with van der Waals surface area (Å²) in [7, 11) is -3.93. The van der Waals surface area contributed by atoms with Crippen LogP contribution in [0.3, 0.4) is 0 Å². The summed E-state index contributed by atoms with van der Waals surface area (Å²) in [4.78, 5) is 27.6. The van der Waals surface area contributed by atoms with Crippen LogP contribution in [0.5, 0.6) is 0 Å². The van der Waals surface area contributed by atoms with Crippen LogP contribution >= 0.6 is 22.9 Å². The van der Waals surface area contributed by atoms with E-state index in [2.05, 4.69) is 15.0 Å². The molecule has 144 valence electrons. The number of primary amides is 1. The van der Waals surface area contributed by atoms with Gasteiger partial charge in [-0.05, 0) is 36.4 Å². The maximum absolute atomic E-state index is 12.6. The first-order valence-electron chi connectivity index (χ1n) is 7.70. The van der Waals surface area contributed by atoms with Gasteiger partial charge in [0.05, 0.1) is 16.1 Å². The predicted octanol–water partition coefficient (Wildman–Crippen LogP) is 2.95. The summed E-state index contributed by atoms with van der Waals surface area (Å²) < 4.78 is 27.5. The van der Waals surface area contributed by atoms with Crippen LogP contribution in [0.4, 0.5) is 10.8 Å². The fourth-order valence-corrected chi connectivity index (χ4v) is 4.10. The lowest BCUT2D eigenvalue weighted by Gasteiger charge is -2.12. The number of nitrogens with one attached hydrogen (secondary N) is 2. The maximum Gasteiger partial charge on any atom is 0.268 e. The fourth-order valence-electron chi connectivity index (χ4n) is 2.20. The van der Waals surface area contributed by atoms with E-state index in [0.29, 0.717) is 5.02 Å². The number of anilines is 2. The summed E-state index contributed by atoms with van der Waals surface area (Å²) in [5.41, 5.74) is 5.32. The van der Waals surface area contributed by atoms with Crippen molar-refractivity contribution in [1.82, 2.24) is 4.98 Å². The highest BCUT2D eigenvalue weighted by Crippen LogP contribution is 2.23. The molecule has 0 saturated heterocycles. The molecular formula is C17H13ClN4O4S2. The molecule has 0 bridgehead atoms. The summed E-state index contributed by atoms with van der Waals surface area (Å²) >= 11 is 6.81. The van der Waals surface area contributed by atoms with Crippen LogP contribution in [0, 0.1) is 0 Å². The molecule has 0 fully saturated rings. The molecule has 2 aromatic carbocycles. The minimum absolute atomic E-state index is 0.00173. The Balaban J connectivity index is 1.85. The van der Waals surface area contributed by atoms with Crippen molar-refractivity contribution in [2.75, 3.05) is 10.0 Å². The Morgan fingerprint density at radius 1 is 1.07 bits per heavy atom. The number of sulfonamides is 1. The molecule has 0 aliphatic rings. The Morgan fingerprint density at radius 2 is 1.75 bits per heavy atom. The lowest BCUT2D eigenvalue weighted by atomic mass is 10.2. The van der Waals surface area contributed by atoms with Gasteiger partial charge in [0.1, 0.15) is 5.69 Å². The standard InChI is InChI=1S/C17H13ClN4O4S2/c18-10-5-7-11(8-6-10)28(25,26)22-13-4-2-1-3-12(13)16(24)21-17-20-14(9-27-17)15(19)23/h1-9,22H,(H2,19,23)(H,20,21,24). The van der Waals surface area contributed by atoms with Crippen LogP contribution in [0.25, 0.3) is 0 Å². The number of carbonyl (C=O) groups is 2. The number of rotatable bonds is 6. The number of halogens is 1. The molecule has 2 amide bonds. The number of hydrogen-bond donors (Lipinski definition) is 3. The van der Waals surface area contributed by atoms with Crippen molar-refractivity contribution in [2.45, 2.75) is 4.90 Å². The first-order valence-corrected chi connectivity index (χ1v) is 10.4. The van der Waals surface area contributed by atoms with E-state index in [1.54, 1.807) is 12.1 Å². The Kier molecular flexibility index (Phi) is 5.63. The van der Waals surface area contributed by atoms with Crippen LogP contribution in [0.2, 0.25) is 5.02 Å². The molecule has 0 saturated carbocycles. The number of aromatic nitrogens is 1. The second-order valence-electron chi connectivity index (χ2n) is 5.46. The molecule has 11 heteroatoms. The van der Waals surface area contributed by atoms with Gasteiger partial charge in [0.25, 0.3) is 21.8 Å². The zero-order chi connectivity index (χ0) is 20.3. The maximum atomic E-state index is 12.6. The molecule has 8 nitrogen and oxygen atoms in total. The number of amides is 2. The van der Waals surface area contributed by atoms with Crippen molar-refractivity contribution in [3.63, 3.8) is 0 Å². The summed E-state index contributed by atoms with van der Waals surface area (Å²) in [6, 6.07) is 11.7. The molecule has 1 heterocycles. The molecule has 0 aliphatic carbocycles. The van der Waals surface area contributed by atoms with Crippen LogP contribution < -0.4 is 15.8 Å². The van der Waals surface area contributed by atoms with Gasteiger partial charge >= 0.3 is 0 Å². The van der Waals surface area contributed by atoms with Crippen molar-refractivity contribution in [3.8, 4) is 0 Å². The molecule has 0 spiro atoms. The van der Waals surface area contributed by atoms with Gasteiger partial charge in [-0.15, -0.1) is 11.3 Å². The summed E-state index contributed by atoms with van der Waals surface area (Å²) in [6.45, 7) is 0. The SMILES string of the molecule is NC(=O)c1csc(NC(=O)c2ccccc2NS(=O)(=O)c2ccc(Cl)cc2)n1. The first-order chi connectivity index (χ1) is 13.3. The molecule has 4 N–H and O–H groups in total. The number of benzene rings is 2. The van der Waals surface area contributed by atoms with E-state index in [1.807, 2.05) is 0 Å². The molecule has 1 aromatic heterocycles. The van der Waals surface area contributed by atoms with Crippen LogP contribution in [0.1, 0.15) is 20.8 Å². The summed E-state index contributed by atoms with van der Waals surface area (Å²) in [5, 5.41) is 4.49. The van der Waals surface area contributed by atoms with E-state index < -0.39 is 21.8 Å². The van der Waals surface area contributed by atoms with E-state index in [-0.39, 0.29) is 27.0 Å². The Bertz CT molecular complexity index is 1140. The first kappa shape index (κ1) is 19.8. The van der Waals surface area contributed by atoms with Crippen LogP contribution in [-0.2, 0) is 10.0 Å². The second-order valence-corrected chi connectivity index (χ2v) is 8.44. The van der Waals surface area contributed by atoms with Gasteiger partial charge in [-0.2, -0.15) is 0 Å². The molecule has 28 heavy (non-hydrogen) atoms. The topological polar surface area (TPSA) is 131 Å². The molecule has 3 aromatic rings. The normalized spacial score (nSPS) is 11.0. The predicted molar refractivity (Wildman–Crippen MR) is 107 cm³/mol. The van der Waals surface area contributed by atoms with Crippen LogP contribution in [0.15, 0.2) is 58.8 Å². The summed E-state index contributed by atoms with van der Waals surface area (Å²) in [5.74, 6) is -1.31. The van der Waals surface area contributed by atoms with Gasteiger partial charge in [-0.1, -0.05) is 23.7 Å². The van der Waals surface area contributed by atoms with E-state index in [1.165, 1.54) is 41.8 Å². The Hall–Kier alpha value is -2.95. The Morgan fingerprint density at radius 3 is 2.39 bits per heavy atom. The number of thiazole rings is 1. The van der Waals surface area contributed by atoms with E-state index in [4.69, 9.17) is 17.3 Å². The quantitative estimate of drug-likeness (QED) is 0.546. The number of carbonyl (C=O) groups excluding carboxylic acids is 2. The average molecular weight is 437 g/mol. The van der Waals surface area contributed by atoms with Crippen molar-refractivity contribution < 1.29 is 18.0 Å². The zero-order valence-corrected chi connectivity index (χ0v) is 16.4. The number of nitrogens with zero attached hydrogens (tertiary/aromatic N) is 1. The minimum Gasteiger partial charge on any atom is -0.364 e. The lowest BCUT2D eigenvalue weighted by Crippen LogP contribution is -2.18. The van der Waals surface area contributed by atoms with Gasteiger partial charge < -0.3 is 5.73 Å². The second kappa shape index (κ2) is 7.97. The third kappa shape index (κ3) is 4.47. The lowest BCUT2D eigenvalue weighted by molar-refractivity contribution is 0.0992.